The van der Waals surface area contributed by atoms with Gasteiger partial charge in [-0.15, -0.1) is 0 Å². The van der Waals surface area contributed by atoms with Crippen molar-refractivity contribution < 1.29 is 33.6 Å². The quantitative estimate of drug-likeness (QED) is 0.0966. The van der Waals surface area contributed by atoms with Gasteiger partial charge in [-0.2, -0.15) is 0 Å². The number of benzene rings is 3. The Hall–Kier alpha value is -6.58. The van der Waals surface area contributed by atoms with Gasteiger partial charge >= 0.3 is 5.69 Å². The number of aromatic nitrogens is 2. The van der Waals surface area contributed by atoms with Crippen LogP contribution in [-0.2, 0) is 47.0 Å². The highest BCUT2D eigenvalue weighted by molar-refractivity contribution is 6.00. The molecule has 5 atom stereocenters. The number of nitrogens with one attached hydrogen (secondary N) is 3. The van der Waals surface area contributed by atoms with E-state index in [1.54, 1.807) is 28.3 Å². The summed E-state index contributed by atoms with van der Waals surface area (Å²) in [6.45, 7) is 2.44. The number of para-hydroxylation sites is 1. The van der Waals surface area contributed by atoms with Gasteiger partial charge in [0.25, 0.3) is 0 Å². The molecule has 1 aromatic heterocycles. The van der Waals surface area contributed by atoms with Crippen LogP contribution in [0.15, 0.2) is 83.7 Å². The molecule has 338 valence electrons. The van der Waals surface area contributed by atoms with E-state index in [0.29, 0.717) is 50.6 Å². The molecule has 5 N–H and O–H groups in total. The zero-order valence-corrected chi connectivity index (χ0v) is 36.5. The number of amides is 7. The van der Waals surface area contributed by atoms with E-state index >= 15 is 0 Å². The Bertz CT molecular complexity index is 2410. The number of primary amides is 1. The predicted octanol–water partition coefficient (Wildman–Crippen LogP) is 3.30. The van der Waals surface area contributed by atoms with Crippen molar-refractivity contribution in [3.8, 4) is 0 Å². The zero-order valence-electron chi connectivity index (χ0n) is 36.5. The maximum Gasteiger partial charge on any atom is 0.329 e. The minimum atomic E-state index is -1.08. The third kappa shape index (κ3) is 10.1. The summed E-state index contributed by atoms with van der Waals surface area (Å²) < 4.78 is 3.04. The average Bonchev–Trinajstić information content (AvgIpc) is 3.82. The summed E-state index contributed by atoms with van der Waals surface area (Å²) in [5.74, 6) is -3.18. The first-order chi connectivity index (χ1) is 30.8. The number of carbonyl (C=O) groups is 7. The Morgan fingerprint density at radius 1 is 0.812 bits per heavy atom. The van der Waals surface area contributed by atoms with Crippen LogP contribution in [0.5, 0.6) is 0 Å². The molecule has 3 saturated heterocycles. The molecule has 3 aliphatic heterocycles. The summed E-state index contributed by atoms with van der Waals surface area (Å²) >= 11 is 0. The van der Waals surface area contributed by atoms with Gasteiger partial charge in [0, 0.05) is 45.4 Å². The largest absolute Gasteiger partial charge is 0.370 e. The van der Waals surface area contributed by atoms with Crippen LogP contribution in [0, 0.1) is 5.92 Å². The Morgan fingerprint density at radius 3 is 2.19 bits per heavy atom. The molecule has 0 spiro atoms. The van der Waals surface area contributed by atoms with Gasteiger partial charge in [0.05, 0.1) is 23.0 Å². The summed E-state index contributed by atoms with van der Waals surface area (Å²) in [6, 6.07) is 21.1. The van der Waals surface area contributed by atoms with Crippen LogP contribution >= 0.6 is 0 Å². The second kappa shape index (κ2) is 20.3. The summed E-state index contributed by atoms with van der Waals surface area (Å²) in [5, 5.41) is 8.29. The SMILES string of the molecule is C[C@H]1CN(C(=O)CCCCCc2cccc3c2n(C)c(=O)n3C2CCC(=O)NC2=O)CC[C@H]2CC[C@@H](C(=O)N[C@@H](CCC(N)=O)C(=O)NC(c3ccccc3)c3ccccc3)N2C1=O. The number of nitrogens with zero attached hydrogens (tertiary/aromatic N) is 4. The number of imidazole rings is 1. The fourth-order valence-electron chi connectivity index (χ4n) is 9.64. The lowest BCUT2D eigenvalue weighted by atomic mass is 9.98. The van der Waals surface area contributed by atoms with Crippen molar-refractivity contribution in [1.82, 2.24) is 34.9 Å². The van der Waals surface area contributed by atoms with E-state index in [9.17, 15) is 38.4 Å². The van der Waals surface area contributed by atoms with Crippen LogP contribution < -0.4 is 27.4 Å². The number of rotatable bonds is 16. The molecule has 64 heavy (non-hydrogen) atoms. The lowest BCUT2D eigenvalue weighted by Crippen LogP contribution is -2.57. The Morgan fingerprint density at radius 2 is 1.52 bits per heavy atom. The smallest absolute Gasteiger partial charge is 0.329 e. The average molecular weight is 875 g/mol. The highest BCUT2D eigenvalue weighted by atomic mass is 16.2. The van der Waals surface area contributed by atoms with E-state index in [2.05, 4.69) is 16.0 Å². The van der Waals surface area contributed by atoms with Crippen LogP contribution in [0.4, 0.5) is 0 Å². The van der Waals surface area contributed by atoms with E-state index in [1.807, 2.05) is 78.9 Å². The molecule has 3 fully saturated rings. The Labute approximate surface area is 371 Å². The van der Waals surface area contributed by atoms with Crippen LogP contribution in [0.1, 0.15) is 106 Å². The number of piperidine rings is 1. The van der Waals surface area contributed by atoms with Gasteiger partial charge in [-0.1, -0.05) is 86.1 Å². The lowest BCUT2D eigenvalue weighted by molar-refractivity contribution is -0.147. The standard InChI is InChI=1S/C48H58N8O8/c1-30-29-54(41(59)20-11-5-10-17-33-18-12-19-36-43(33)53(2)48(64)56(36)38-24-26-40(58)51-46(38)62)28-27-34-21-23-37(55(34)47(30)63)45(61)50-35(22-25-39(49)57)44(60)52-42(31-13-6-3-7-14-31)32-15-8-4-9-16-32/h3-4,6-9,12-16,18-19,30,34-35,37-38,42H,5,10-11,17,20-29H2,1-2H3,(H2,49,57)(H,50,61)(H,52,60)(H,51,58,62)/t30-,34+,35-,37-,38?/m0/s1. The zero-order chi connectivity index (χ0) is 45.5. The molecule has 16 nitrogen and oxygen atoms in total. The number of aryl methyl sites for hydroxylation is 2. The number of nitrogens with two attached hydrogens (primary N) is 1. The van der Waals surface area contributed by atoms with Gasteiger partial charge in [0.1, 0.15) is 18.1 Å². The maximum atomic E-state index is 14.1. The van der Waals surface area contributed by atoms with Crippen LogP contribution in [-0.4, -0.2) is 91.5 Å². The second-order valence-electron chi connectivity index (χ2n) is 17.4. The monoisotopic (exact) mass is 874 g/mol. The van der Waals surface area contributed by atoms with Crippen molar-refractivity contribution in [2.24, 2.45) is 18.7 Å². The normalized spacial score (nSPS) is 20.6. The van der Waals surface area contributed by atoms with Crippen molar-refractivity contribution in [2.75, 3.05) is 13.1 Å². The van der Waals surface area contributed by atoms with Crippen LogP contribution in [0.25, 0.3) is 11.0 Å². The van der Waals surface area contributed by atoms with Gasteiger partial charge < -0.3 is 26.2 Å². The molecule has 0 bridgehead atoms. The summed E-state index contributed by atoms with van der Waals surface area (Å²) in [5.41, 5.74) is 9.21. The first-order valence-electron chi connectivity index (χ1n) is 22.4. The molecule has 16 heteroatoms. The fraction of sp³-hybridized carbons (Fsp3) is 0.458. The third-order valence-electron chi connectivity index (χ3n) is 13.0. The van der Waals surface area contributed by atoms with Gasteiger partial charge in [-0.3, -0.25) is 48.0 Å². The highest BCUT2D eigenvalue weighted by Gasteiger charge is 2.44. The second-order valence-corrected chi connectivity index (χ2v) is 17.4. The van der Waals surface area contributed by atoms with E-state index < -0.39 is 53.7 Å². The van der Waals surface area contributed by atoms with Gasteiger partial charge in [-0.25, -0.2) is 4.79 Å². The third-order valence-corrected chi connectivity index (χ3v) is 13.0. The van der Waals surface area contributed by atoms with E-state index in [0.717, 1.165) is 35.0 Å². The molecule has 7 amide bonds. The van der Waals surface area contributed by atoms with E-state index in [-0.39, 0.29) is 61.7 Å². The minimum Gasteiger partial charge on any atom is -0.370 e. The Balaban J connectivity index is 0.932. The van der Waals surface area contributed by atoms with Gasteiger partial charge in [-0.05, 0) is 74.1 Å². The molecule has 0 radical (unpaired) electrons. The van der Waals surface area contributed by atoms with Crippen molar-refractivity contribution in [2.45, 2.75) is 114 Å². The van der Waals surface area contributed by atoms with Crippen molar-refractivity contribution in [1.29, 1.82) is 0 Å². The number of imide groups is 1. The van der Waals surface area contributed by atoms with Crippen molar-refractivity contribution in [3.63, 3.8) is 0 Å². The van der Waals surface area contributed by atoms with Crippen molar-refractivity contribution in [3.05, 3.63) is 106 Å². The first kappa shape index (κ1) is 45.4. The topological polar surface area (TPSA) is 215 Å². The highest BCUT2D eigenvalue weighted by Crippen LogP contribution is 2.32. The van der Waals surface area contributed by atoms with Crippen LogP contribution in [0.3, 0.4) is 0 Å². The predicted molar refractivity (Wildman–Crippen MR) is 238 cm³/mol. The number of hydrogen-bond donors (Lipinski definition) is 4. The van der Waals surface area contributed by atoms with Gasteiger partial charge in [0.2, 0.25) is 41.4 Å². The maximum absolute atomic E-state index is 14.1. The number of unbranched alkanes of at least 4 members (excludes halogenated alkanes) is 2. The van der Waals surface area contributed by atoms with Crippen LogP contribution in [0.2, 0.25) is 0 Å². The van der Waals surface area contributed by atoms with E-state index in [4.69, 9.17) is 5.73 Å². The number of fused-ring (bicyclic) bond motifs is 2. The molecule has 3 aliphatic rings. The molecule has 0 aliphatic carbocycles. The molecule has 1 unspecified atom stereocenters. The molecular formula is C48H58N8O8. The summed E-state index contributed by atoms with van der Waals surface area (Å²) in [4.78, 5) is 109. The molecule has 7 rings (SSSR count). The van der Waals surface area contributed by atoms with E-state index in [1.165, 1.54) is 4.57 Å². The van der Waals surface area contributed by atoms with Gasteiger partial charge in [0.15, 0.2) is 0 Å². The number of hydrogen-bond acceptors (Lipinski definition) is 8. The molecular weight excluding hydrogens is 817 g/mol. The Kier molecular flexibility index (Phi) is 14.4. The number of carbonyl (C=O) groups excluding carboxylic acids is 7. The molecule has 0 saturated carbocycles. The fourth-order valence-corrected chi connectivity index (χ4v) is 9.64. The summed E-state index contributed by atoms with van der Waals surface area (Å²) in [6.07, 6.45) is 4.91. The molecule has 4 heterocycles. The van der Waals surface area contributed by atoms with Crippen molar-refractivity contribution >= 4 is 52.4 Å². The first-order valence-corrected chi connectivity index (χ1v) is 22.4. The molecule has 3 aromatic carbocycles. The summed E-state index contributed by atoms with van der Waals surface area (Å²) in [7, 11) is 1.68. The minimum absolute atomic E-state index is 0.0153. The molecule has 4 aromatic rings. The lowest BCUT2D eigenvalue weighted by Gasteiger charge is -2.38.